The number of nitriles is 1. The maximum atomic E-state index is 10.7. The van der Waals surface area contributed by atoms with E-state index in [1.165, 1.54) is 18.2 Å². The van der Waals surface area contributed by atoms with Gasteiger partial charge in [-0.05, 0) is 30.3 Å². The second-order valence-electron chi connectivity index (χ2n) is 4.93. The molecule has 2 aromatic carbocycles. The Balaban J connectivity index is 2.19. The lowest BCUT2D eigenvalue weighted by molar-refractivity contribution is -0.384. The molecule has 0 saturated heterocycles. The van der Waals surface area contributed by atoms with E-state index in [1.807, 2.05) is 30.1 Å². The maximum absolute atomic E-state index is 10.7. The van der Waals surface area contributed by atoms with Crippen molar-refractivity contribution in [1.29, 1.82) is 5.26 Å². The highest BCUT2D eigenvalue weighted by atomic mass is 16.6. The molecule has 2 rings (SSSR count). The Bertz CT molecular complexity index is 796. The number of aliphatic hydroxyl groups excluding tert-OH is 1. The molecule has 0 aromatic heterocycles. The van der Waals surface area contributed by atoms with Gasteiger partial charge in [-0.3, -0.25) is 10.1 Å². The first kappa shape index (κ1) is 17.1. The molecule has 122 valence electrons. The molecule has 0 bridgehead atoms. The van der Waals surface area contributed by atoms with Crippen molar-refractivity contribution in [3.05, 3.63) is 58.1 Å². The molecular weight excluding hydrogens is 310 g/mol. The molecular formula is C16H15N5O3. The van der Waals surface area contributed by atoms with Gasteiger partial charge in [0.2, 0.25) is 0 Å². The highest BCUT2D eigenvalue weighted by Gasteiger charge is 2.10. The molecule has 0 radical (unpaired) electrons. The highest BCUT2D eigenvalue weighted by molar-refractivity contribution is 5.58. The van der Waals surface area contributed by atoms with Crippen LogP contribution >= 0.6 is 0 Å². The van der Waals surface area contributed by atoms with Crippen molar-refractivity contribution in [2.75, 3.05) is 25.1 Å². The molecule has 0 unspecified atom stereocenters. The third-order valence-electron chi connectivity index (χ3n) is 3.31. The van der Waals surface area contributed by atoms with Crippen LogP contribution in [0.15, 0.2) is 52.7 Å². The standard InChI is InChI=1S/C16H15N5O3/c1-20(8-9-22)14-4-2-13(3-5-14)18-19-16-7-6-15(21(23)24)10-12(16)11-17/h2-7,10,22H,8-9H2,1H3. The number of nitrogens with zero attached hydrogens (tertiary/aromatic N) is 5. The van der Waals surface area contributed by atoms with E-state index in [2.05, 4.69) is 10.2 Å². The molecule has 0 heterocycles. The van der Waals surface area contributed by atoms with Crippen molar-refractivity contribution in [1.82, 2.24) is 0 Å². The summed E-state index contributed by atoms with van der Waals surface area (Å²) in [6.45, 7) is 0.588. The summed E-state index contributed by atoms with van der Waals surface area (Å²) >= 11 is 0. The van der Waals surface area contributed by atoms with Gasteiger partial charge in [-0.25, -0.2) is 0 Å². The maximum Gasteiger partial charge on any atom is 0.270 e. The third-order valence-corrected chi connectivity index (χ3v) is 3.31. The van der Waals surface area contributed by atoms with Gasteiger partial charge in [-0.1, -0.05) is 0 Å². The first-order valence-electron chi connectivity index (χ1n) is 7.07. The fourth-order valence-corrected chi connectivity index (χ4v) is 1.98. The number of nitro benzene ring substituents is 1. The summed E-state index contributed by atoms with van der Waals surface area (Å²) in [4.78, 5) is 12.0. The Morgan fingerprint density at radius 3 is 2.54 bits per heavy atom. The normalized spacial score (nSPS) is 10.5. The van der Waals surface area contributed by atoms with E-state index in [4.69, 9.17) is 10.4 Å². The number of rotatable bonds is 6. The van der Waals surface area contributed by atoms with Crippen LogP contribution in [0.3, 0.4) is 0 Å². The van der Waals surface area contributed by atoms with Crippen LogP contribution in [0.4, 0.5) is 22.7 Å². The summed E-state index contributed by atoms with van der Waals surface area (Å²) in [7, 11) is 1.86. The second-order valence-corrected chi connectivity index (χ2v) is 4.93. The van der Waals surface area contributed by atoms with E-state index in [0.29, 0.717) is 12.2 Å². The van der Waals surface area contributed by atoms with Crippen LogP contribution in [0.5, 0.6) is 0 Å². The first-order valence-corrected chi connectivity index (χ1v) is 7.07. The van der Waals surface area contributed by atoms with E-state index in [-0.39, 0.29) is 23.5 Å². The molecule has 1 N–H and O–H groups in total. The van der Waals surface area contributed by atoms with Crippen LogP contribution in [-0.2, 0) is 0 Å². The van der Waals surface area contributed by atoms with Gasteiger partial charge in [0.25, 0.3) is 5.69 Å². The zero-order valence-electron chi connectivity index (χ0n) is 13.0. The van der Waals surface area contributed by atoms with Gasteiger partial charge >= 0.3 is 0 Å². The minimum Gasteiger partial charge on any atom is -0.395 e. The third kappa shape index (κ3) is 4.12. The molecule has 0 aliphatic rings. The number of likely N-dealkylation sites (N-methyl/N-ethyl adjacent to an activating group) is 1. The number of anilines is 1. The lowest BCUT2D eigenvalue weighted by atomic mass is 10.2. The number of non-ortho nitro benzene ring substituents is 1. The van der Waals surface area contributed by atoms with Crippen LogP contribution in [0.1, 0.15) is 5.56 Å². The van der Waals surface area contributed by atoms with Crippen molar-refractivity contribution in [3.8, 4) is 6.07 Å². The van der Waals surface area contributed by atoms with Gasteiger partial charge in [0.05, 0.1) is 22.8 Å². The van der Waals surface area contributed by atoms with Crippen molar-refractivity contribution >= 4 is 22.7 Å². The second kappa shape index (κ2) is 7.80. The van der Waals surface area contributed by atoms with E-state index >= 15 is 0 Å². The van der Waals surface area contributed by atoms with Crippen molar-refractivity contribution in [3.63, 3.8) is 0 Å². The largest absolute Gasteiger partial charge is 0.395 e. The lowest BCUT2D eigenvalue weighted by Crippen LogP contribution is -2.20. The summed E-state index contributed by atoms with van der Waals surface area (Å²) in [5.74, 6) is 0. The number of aliphatic hydroxyl groups is 1. The quantitative estimate of drug-likeness (QED) is 0.497. The Kier molecular flexibility index (Phi) is 5.54. The molecule has 24 heavy (non-hydrogen) atoms. The molecule has 0 saturated carbocycles. The molecule has 8 nitrogen and oxygen atoms in total. The van der Waals surface area contributed by atoms with Gasteiger partial charge in [0.15, 0.2) is 0 Å². The SMILES string of the molecule is CN(CCO)c1ccc(N=Nc2ccc([N+](=O)[O-])cc2C#N)cc1. The monoisotopic (exact) mass is 325 g/mol. The molecule has 0 amide bonds. The summed E-state index contributed by atoms with van der Waals surface area (Å²) in [5.41, 5.74) is 1.70. The predicted octanol–water partition coefficient (Wildman–Crippen LogP) is 3.31. The molecule has 0 aliphatic heterocycles. The fraction of sp³-hybridized carbons (Fsp3) is 0.188. The van der Waals surface area contributed by atoms with Crippen molar-refractivity contribution in [2.24, 2.45) is 10.2 Å². The van der Waals surface area contributed by atoms with Crippen molar-refractivity contribution in [2.45, 2.75) is 0 Å². The predicted molar refractivity (Wildman–Crippen MR) is 88.8 cm³/mol. The fourth-order valence-electron chi connectivity index (χ4n) is 1.98. The number of hydrogen-bond acceptors (Lipinski definition) is 7. The Morgan fingerprint density at radius 1 is 1.25 bits per heavy atom. The van der Waals surface area contributed by atoms with Gasteiger partial charge in [0.1, 0.15) is 11.8 Å². The van der Waals surface area contributed by atoms with Gasteiger partial charge in [0, 0.05) is 31.4 Å². The smallest absolute Gasteiger partial charge is 0.270 e. The van der Waals surface area contributed by atoms with E-state index < -0.39 is 4.92 Å². The highest BCUT2D eigenvalue weighted by Crippen LogP contribution is 2.26. The summed E-state index contributed by atoms with van der Waals surface area (Å²) in [6, 6.07) is 12.9. The van der Waals surface area contributed by atoms with Gasteiger partial charge in [-0.15, -0.1) is 5.11 Å². The zero-order valence-corrected chi connectivity index (χ0v) is 13.0. The van der Waals surface area contributed by atoms with Crippen LogP contribution in [0.25, 0.3) is 0 Å². The molecule has 8 heteroatoms. The topological polar surface area (TPSA) is 115 Å². The van der Waals surface area contributed by atoms with Gasteiger partial charge < -0.3 is 10.0 Å². The minimum absolute atomic E-state index is 0.0645. The molecule has 2 aromatic rings. The minimum atomic E-state index is -0.566. The Morgan fingerprint density at radius 2 is 1.96 bits per heavy atom. The average molecular weight is 325 g/mol. The van der Waals surface area contributed by atoms with Crippen LogP contribution in [0.2, 0.25) is 0 Å². The molecule has 0 spiro atoms. The zero-order chi connectivity index (χ0) is 17.5. The van der Waals surface area contributed by atoms with Gasteiger partial charge in [-0.2, -0.15) is 10.4 Å². The van der Waals surface area contributed by atoms with Crippen LogP contribution in [0, 0.1) is 21.4 Å². The average Bonchev–Trinajstić information content (AvgIpc) is 2.60. The number of benzene rings is 2. The Hall–Kier alpha value is -3.31. The lowest BCUT2D eigenvalue weighted by Gasteiger charge is -2.17. The number of azo groups is 1. The summed E-state index contributed by atoms with van der Waals surface area (Å²) in [5, 5.41) is 36.7. The molecule has 0 aliphatic carbocycles. The summed E-state index contributed by atoms with van der Waals surface area (Å²) < 4.78 is 0. The summed E-state index contributed by atoms with van der Waals surface area (Å²) in [6.07, 6.45) is 0. The number of hydrogen-bond donors (Lipinski definition) is 1. The van der Waals surface area contributed by atoms with Crippen LogP contribution < -0.4 is 4.90 Å². The van der Waals surface area contributed by atoms with Crippen molar-refractivity contribution < 1.29 is 10.0 Å². The van der Waals surface area contributed by atoms with E-state index in [1.54, 1.807) is 12.1 Å². The molecule has 0 atom stereocenters. The number of nitro groups is 1. The van der Waals surface area contributed by atoms with E-state index in [0.717, 1.165) is 5.69 Å². The molecule has 0 fully saturated rings. The van der Waals surface area contributed by atoms with E-state index in [9.17, 15) is 10.1 Å². The Labute approximate surface area is 138 Å². The first-order chi connectivity index (χ1) is 11.5. The van der Waals surface area contributed by atoms with Crippen LogP contribution in [-0.4, -0.2) is 30.2 Å².